The minimum absolute atomic E-state index is 0.167. The van der Waals surface area contributed by atoms with E-state index < -0.39 is 0 Å². The Labute approximate surface area is 178 Å². The highest BCUT2D eigenvalue weighted by atomic mass is 127. The lowest BCUT2D eigenvalue weighted by Gasteiger charge is -2.21. The van der Waals surface area contributed by atoms with E-state index in [9.17, 15) is 0 Å². The molecular weight excluding hydrogens is 455 g/mol. The van der Waals surface area contributed by atoms with Gasteiger partial charge in [0.1, 0.15) is 0 Å². The predicted octanol–water partition coefficient (Wildman–Crippen LogP) is 7.05. The minimum atomic E-state index is 0.167. The van der Waals surface area contributed by atoms with Gasteiger partial charge in [0, 0.05) is 42.7 Å². The van der Waals surface area contributed by atoms with Gasteiger partial charge in [-0.25, -0.2) is 0 Å². The summed E-state index contributed by atoms with van der Waals surface area (Å²) in [5.74, 6) is 0.167. The van der Waals surface area contributed by atoms with Crippen LogP contribution in [0.4, 0.5) is 0 Å². The molecule has 3 aromatic carbocycles. The van der Waals surface area contributed by atoms with Crippen LogP contribution in [0.2, 0.25) is 0 Å². The van der Waals surface area contributed by atoms with Crippen LogP contribution >= 0.6 is 22.6 Å². The minimum Gasteiger partial charge on any atom is -0.358 e. The van der Waals surface area contributed by atoms with Crippen molar-refractivity contribution in [2.75, 3.05) is 0 Å². The first-order valence-corrected chi connectivity index (χ1v) is 10.6. The van der Waals surface area contributed by atoms with E-state index in [1.807, 2.05) is 0 Å². The standard InChI is InChI=1S/C25H21IN2/c1-15-23(18-10-4-7-13-21(18)27-15)25(17-9-3-6-12-20(17)26)24-16(2)28-22-14-8-5-11-19(22)24/h3-14,25,27-28H,1-2H3. The SMILES string of the molecule is Cc1[nH]c2ccccc2c1C(c1ccccc1I)c1c(C)[nH]c2ccccc12. The second-order valence-electron chi connectivity index (χ2n) is 7.37. The maximum Gasteiger partial charge on any atom is 0.0459 e. The molecule has 5 aromatic rings. The van der Waals surface area contributed by atoms with Gasteiger partial charge in [-0.1, -0.05) is 54.6 Å². The predicted molar refractivity (Wildman–Crippen MR) is 126 cm³/mol. The van der Waals surface area contributed by atoms with Gasteiger partial charge in [0.05, 0.1) is 0 Å². The van der Waals surface area contributed by atoms with Crippen molar-refractivity contribution in [2.45, 2.75) is 19.8 Å². The Morgan fingerprint density at radius 1 is 0.643 bits per heavy atom. The van der Waals surface area contributed by atoms with E-state index in [0.29, 0.717) is 0 Å². The molecular formula is C25H21IN2. The molecule has 3 heteroatoms. The average molecular weight is 476 g/mol. The first-order valence-electron chi connectivity index (χ1n) is 9.54. The number of fused-ring (bicyclic) bond motifs is 2. The summed E-state index contributed by atoms with van der Waals surface area (Å²) >= 11 is 2.48. The molecule has 0 aliphatic rings. The fourth-order valence-electron chi connectivity index (χ4n) is 4.51. The molecule has 0 saturated carbocycles. The fraction of sp³-hybridized carbons (Fsp3) is 0.120. The maximum absolute atomic E-state index is 3.61. The Balaban J connectivity index is 1.90. The van der Waals surface area contributed by atoms with E-state index in [0.717, 1.165) is 0 Å². The summed E-state index contributed by atoms with van der Waals surface area (Å²) in [4.78, 5) is 7.23. The average Bonchev–Trinajstić information content (AvgIpc) is 3.20. The summed E-state index contributed by atoms with van der Waals surface area (Å²) in [5, 5.41) is 2.60. The second kappa shape index (κ2) is 6.82. The quantitative estimate of drug-likeness (QED) is 0.262. The number of aryl methyl sites for hydroxylation is 2. The number of aromatic amines is 2. The Morgan fingerprint density at radius 3 is 1.64 bits per heavy atom. The lowest BCUT2D eigenvalue weighted by molar-refractivity contribution is 0.955. The van der Waals surface area contributed by atoms with Crippen molar-refractivity contribution in [3.63, 3.8) is 0 Å². The van der Waals surface area contributed by atoms with Crippen molar-refractivity contribution < 1.29 is 0 Å². The number of nitrogens with one attached hydrogen (secondary N) is 2. The third-order valence-corrected chi connectivity index (χ3v) is 6.66. The molecule has 2 aromatic heterocycles. The second-order valence-corrected chi connectivity index (χ2v) is 8.54. The van der Waals surface area contributed by atoms with Gasteiger partial charge >= 0.3 is 0 Å². The third-order valence-electron chi connectivity index (χ3n) is 5.68. The summed E-state index contributed by atoms with van der Waals surface area (Å²) in [6.45, 7) is 4.39. The van der Waals surface area contributed by atoms with Crippen molar-refractivity contribution in [1.82, 2.24) is 9.97 Å². The van der Waals surface area contributed by atoms with Gasteiger partial charge < -0.3 is 9.97 Å². The lowest BCUT2D eigenvalue weighted by Crippen LogP contribution is -2.07. The van der Waals surface area contributed by atoms with Crippen LogP contribution in [0.15, 0.2) is 72.8 Å². The van der Waals surface area contributed by atoms with Gasteiger partial charge in [-0.15, -0.1) is 0 Å². The molecule has 2 nitrogen and oxygen atoms in total. The van der Waals surface area contributed by atoms with Crippen LogP contribution in [-0.4, -0.2) is 9.97 Å². The zero-order chi connectivity index (χ0) is 19.3. The van der Waals surface area contributed by atoms with E-state index in [2.05, 4.69) is 119 Å². The molecule has 28 heavy (non-hydrogen) atoms. The largest absolute Gasteiger partial charge is 0.358 e. The van der Waals surface area contributed by atoms with Crippen LogP contribution < -0.4 is 0 Å². The van der Waals surface area contributed by atoms with E-state index in [1.54, 1.807) is 0 Å². The van der Waals surface area contributed by atoms with E-state index in [4.69, 9.17) is 0 Å². The molecule has 0 bridgehead atoms. The molecule has 0 unspecified atom stereocenters. The summed E-state index contributed by atoms with van der Waals surface area (Å²) < 4.78 is 1.29. The number of hydrogen-bond acceptors (Lipinski definition) is 0. The monoisotopic (exact) mass is 476 g/mol. The first kappa shape index (κ1) is 17.6. The van der Waals surface area contributed by atoms with Crippen molar-refractivity contribution >= 4 is 44.4 Å². The van der Waals surface area contributed by atoms with Gasteiger partial charge in [-0.3, -0.25) is 0 Å². The number of hydrogen-bond donors (Lipinski definition) is 2. The molecule has 5 rings (SSSR count). The number of aromatic nitrogens is 2. The van der Waals surface area contributed by atoms with Crippen molar-refractivity contribution in [3.05, 3.63) is 104 Å². The molecule has 2 N–H and O–H groups in total. The highest BCUT2D eigenvalue weighted by Crippen LogP contribution is 2.43. The zero-order valence-electron chi connectivity index (χ0n) is 15.9. The smallest absolute Gasteiger partial charge is 0.0459 e. The van der Waals surface area contributed by atoms with Crippen molar-refractivity contribution in [2.24, 2.45) is 0 Å². The Morgan fingerprint density at radius 2 is 1.11 bits per heavy atom. The van der Waals surface area contributed by atoms with Gasteiger partial charge in [-0.2, -0.15) is 0 Å². The van der Waals surface area contributed by atoms with Crippen molar-refractivity contribution in [3.8, 4) is 0 Å². The van der Waals surface area contributed by atoms with Gasteiger partial charge in [0.15, 0.2) is 0 Å². The summed E-state index contributed by atoms with van der Waals surface area (Å²) in [6, 6.07) is 26.0. The molecule has 138 valence electrons. The summed E-state index contributed by atoms with van der Waals surface area (Å²) in [7, 11) is 0. The Bertz CT molecular complexity index is 1230. The zero-order valence-corrected chi connectivity index (χ0v) is 18.0. The molecule has 0 radical (unpaired) electrons. The molecule has 0 fully saturated rings. The molecule has 0 atom stereocenters. The van der Waals surface area contributed by atoms with Crippen LogP contribution in [0.1, 0.15) is 34.0 Å². The highest BCUT2D eigenvalue weighted by Gasteiger charge is 2.28. The molecule has 0 saturated heterocycles. The van der Waals surface area contributed by atoms with Gasteiger partial charge in [0.2, 0.25) is 0 Å². The maximum atomic E-state index is 3.61. The number of para-hydroxylation sites is 2. The van der Waals surface area contributed by atoms with Gasteiger partial charge in [0.25, 0.3) is 0 Å². The van der Waals surface area contributed by atoms with Crippen LogP contribution in [0.3, 0.4) is 0 Å². The fourth-order valence-corrected chi connectivity index (χ4v) is 5.20. The Kier molecular flexibility index (Phi) is 4.27. The molecule has 0 amide bonds. The molecule has 0 aliphatic carbocycles. The van der Waals surface area contributed by atoms with Crippen LogP contribution in [0.25, 0.3) is 21.8 Å². The summed E-state index contributed by atoms with van der Waals surface area (Å²) in [5.41, 5.74) is 8.95. The third kappa shape index (κ3) is 2.68. The first-order chi connectivity index (χ1) is 13.6. The lowest BCUT2D eigenvalue weighted by atomic mass is 9.82. The van der Waals surface area contributed by atoms with Crippen LogP contribution in [0, 0.1) is 17.4 Å². The Hall–Kier alpha value is -2.53. The molecule has 0 aliphatic heterocycles. The normalized spacial score (nSPS) is 11.7. The molecule has 2 heterocycles. The van der Waals surface area contributed by atoms with Crippen LogP contribution in [0.5, 0.6) is 0 Å². The number of rotatable bonds is 3. The topological polar surface area (TPSA) is 31.6 Å². The summed E-state index contributed by atoms with van der Waals surface area (Å²) in [6.07, 6.45) is 0. The van der Waals surface area contributed by atoms with Gasteiger partial charge in [-0.05, 0) is 71.3 Å². The highest BCUT2D eigenvalue weighted by molar-refractivity contribution is 14.1. The number of benzene rings is 3. The number of H-pyrrole nitrogens is 2. The molecule has 0 spiro atoms. The van der Waals surface area contributed by atoms with Crippen LogP contribution in [-0.2, 0) is 0 Å². The van der Waals surface area contributed by atoms with E-state index in [-0.39, 0.29) is 5.92 Å². The van der Waals surface area contributed by atoms with E-state index >= 15 is 0 Å². The van der Waals surface area contributed by atoms with E-state index in [1.165, 1.54) is 53.5 Å². The van der Waals surface area contributed by atoms with Crippen molar-refractivity contribution in [1.29, 1.82) is 0 Å². The number of halogens is 1.